The largest absolute Gasteiger partial charge is 0.325 e. The Hall–Kier alpha value is -4.26. The predicted molar refractivity (Wildman–Crippen MR) is 128 cm³/mol. The van der Waals surface area contributed by atoms with Gasteiger partial charge in [-0.25, -0.2) is 9.78 Å². The van der Waals surface area contributed by atoms with Crippen molar-refractivity contribution in [3.05, 3.63) is 118 Å². The van der Waals surface area contributed by atoms with Gasteiger partial charge in [0.25, 0.3) is 11.5 Å². The Labute approximate surface area is 196 Å². The Morgan fingerprint density at radius 2 is 1.47 bits per heavy atom. The molecule has 1 aliphatic heterocycles. The van der Waals surface area contributed by atoms with Crippen LogP contribution < -0.4 is 10.9 Å². The maximum atomic E-state index is 13.8. The maximum Gasteiger partial charge on any atom is 0.325 e. The number of amides is 3. The molecule has 1 aliphatic rings. The molecule has 1 N–H and O–H groups in total. The Bertz CT molecular complexity index is 1390. The van der Waals surface area contributed by atoms with Crippen molar-refractivity contribution in [1.29, 1.82) is 0 Å². The number of carbonyl (C=O) groups is 2. The minimum absolute atomic E-state index is 0.0737. The van der Waals surface area contributed by atoms with Crippen LogP contribution in [0.1, 0.15) is 22.4 Å². The summed E-state index contributed by atoms with van der Waals surface area (Å²) in [4.78, 5) is 45.1. The summed E-state index contributed by atoms with van der Waals surface area (Å²) in [5.41, 5.74) is 2.33. The zero-order valence-corrected chi connectivity index (χ0v) is 18.8. The first-order valence-electron chi connectivity index (χ1n) is 11.1. The van der Waals surface area contributed by atoms with E-state index in [-0.39, 0.29) is 18.0 Å². The third kappa shape index (κ3) is 4.08. The van der Waals surface area contributed by atoms with Crippen molar-refractivity contribution in [1.82, 2.24) is 19.6 Å². The number of fused-ring (bicyclic) bond motifs is 1. The van der Waals surface area contributed by atoms with Gasteiger partial charge in [0.15, 0.2) is 0 Å². The van der Waals surface area contributed by atoms with Crippen LogP contribution in [-0.2, 0) is 24.2 Å². The number of benzene rings is 2. The molecule has 2 aromatic heterocycles. The van der Waals surface area contributed by atoms with Crippen LogP contribution in [0.15, 0.2) is 89.9 Å². The van der Waals surface area contributed by atoms with E-state index in [1.54, 1.807) is 12.3 Å². The number of imide groups is 1. The van der Waals surface area contributed by atoms with Gasteiger partial charge in [0.1, 0.15) is 11.2 Å². The number of pyridine rings is 1. The molecular weight excluding hydrogens is 428 g/mol. The van der Waals surface area contributed by atoms with Crippen LogP contribution in [0.5, 0.6) is 0 Å². The number of nitrogens with one attached hydrogen (secondary N) is 1. The molecule has 0 saturated carbocycles. The first-order chi connectivity index (χ1) is 16.4. The average molecular weight is 453 g/mol. The zero-order valence-electron chi connectivity index (χ0n) is 18.8. The lowest BCUT2D eigenvalue weighted by atomic mass is 9.84. The van der Waals surface area contributed by atoms with Gasteiger partial charge in [0, 0.05) is 25.1 Å². The standard InChI is InChI=1S/C27H24N4O3/c1-19-12-13-30-23(14-19)28-22(15-24(30)32)18-31-25(33)27(29-26(31)34,16-20-8-4-2-5-9-20)17-21-10-6-3-7-11-21/h2-15H,16-18H2,1H3,(H,29,34). The molecule has 0 radical (unpaired) electrons. The van der Waals surface area contributed by atoms with Crippen molar-refractivity contribution in [2.45, 2.75) is 31.8 Å². The number of urea groups is 1. The van der Waals surface area contributed by atoms with Crippen LogP contribution in [0.3, 0.4) is 0 Å². The van der Waals surface area contributed by atoms with Crippen LogP contribution in [0.2, 0.25) is 0 Å². The smallest absolute Gasteiger partial charge is 0.322 e. The molecular formula is C27H24N4O3. The van der Waals surface area contributed by atoms with Crippen molar-refractivity contribution >= 4 is 17.6 Å². The van der Waals surface area contributed by atoms with Gasteiger partial charge in [0.2, 0.25) is 0 Å². The quantitative estimate of drug-likeness (QED) is 0.455. The number of hydrogen-bond donors (Lipinski definition) is 1. The Morgan fingerprint density at radius 1 is 0.853 bits per heavy atom. The Kier molecular flexibility index (Phi) is 5.45. The molecule has 0 spiro atoms. The van der Waals surface area contributed by atoms with E-state index in [2.05, 4.69) is 10.3 Å². The monoisotopic (exact) mass is 452 g/mol. The lowest BCUT2D eigenvalue weighted by Gasteiger charge is -2.27. The first kappa shape index (κ1) is 21.6. The number of rotatable bonds is 6. The van der Waals surface area contributed by atoms with Gasteiger partial charge in [-0.2, -0.15) is 0 Å². The van der Waals surface area contributed by atoms with Gasteiger partial charge in [-0.3, -0.25) is 18.9 Å². The van der Waals surface area contributed by atoms with E-state index < -0.39 is 11.6 Å². The van der Waals surface area contributed by atoms with Crippen LogP contribution in [0.4, 0.5) is 4.79 Å². The highest BCUT2D eigenvalue weighted by molar-refractivity contribution is 6.07. The van der Waals surface area contributed by atoms with Crippen molar-refractivity contribution in [3.63, 3.8) is 0 Å². The van der Waals surface area contributed by atoms with Gasteiger partial charge in [0.05, 0.1) is 12.2 Å². The molecule has 34 heavy (non-hydrogen) atoms. The molecule has 4 aromatic rings. The highest BCUT2D eigenvalue weighted by Crippen LogP contribution is 2.28. The fraction of sp³-hybridized carbons (Fsp3) is 0.185. The van der Waals surface area contributed by atoms with E-state index in [0.717, 1.165) is 16.7 Å². The molecule has 2 aromatic carbocycles. The molecule has 0 aliphatic carbocycles. The van der Waals surface area contributed by atoms with Crippen molar-refractivity contribution in [3.8, 4) is 0 Å². The molecule has 7 heteroatoms. The topological polar surface area (TPSA) is 83.8 Å². The summed E-state index contributed by atoms with van der Waals surface area (Å²) in [5.74, 6) is -0.323. The molecule has 0 unspecified atom stereocenters. The van der Waals surface area contributed by atoms with E-state index in [4.69, 9.17) is 0 Å². The molecule has 1 saturated heterocycles. The minimum atomic E-state index is -1.12. The molecule has 0 bridgehead atoms. The van der Waals surface area contributed by atoms with E-state index in [0.29, 0.717) is 24.2 Å². The Balaban J connectivity index is 1.49. The number of hydrogen-bond acceptors (Lipinski definition) is 4. The Morgan fingerprint density at radius 3 is 2.09 bits per heavy atom. The highest BCUT2D eigenvalue weighted by atomic mass is 16.2. The third-order valence-corrected chi connectivity index (χ3v) is 6.14. The maximum absolute atomic E-state index is 13.8. The number of aryl methyl sites for hydroxylation is 1. The lowest BCUT2D eigenvalue weighted by Crippen LogP contribution is -2.51. The third-order valence-electron chi connectivity index (χ3n) is 6.14. The molecule has 0 atom stereocenters. The molecule has 7 nitrogen and oxygen atoms in total. The van der Waals surface area contributed by atoms with Crippen LogP contribution in [-0.4, -0.2) is 31.8 Å². The van der Waals surface area contributed by atoms with Crippen LogP contribution in [0, 0.1) is 6.92 Å². The van der Waals surface area contributed by atoms with Crippen molar-refractivity contribution in [2.75, 3.05) is 0 Å². The van der Waals surface area contributed by atoms with Gasteiger partial charge in [-0.1, -0.05) is 60.7 Å². The van der Waals surface area contributed by atoms with Crippen LogP contribution in [0.25, 0.3) is 5.65 Å². The lowest BCUT2D eigenvalue weighted by molar-refractivity contribution is -0.131. The van der Waals surface area contributed by atoms with E-state index >= 15 is 0 Å². The van der Waals surface area contributed by atoms with Gasteiger partial charge >= 0.3 is 6.03 Å². The molecule has 1 fully saturated rings. The summed E-state index contributed by atoms with van der Waals surface area (Å²) in [6, 6.07) is 23.8. The summed E-state index contributed by atoms with van der Waals surface area (Å²) in [7, 11) is 0. The van der Waals surface area contributed by atoms with Crippen LogP contribution >= 0.6 is 0 Å². The summed E-state index contributed by atoms with van der Waals surface area (Å²) in [5, 5.41) is 2.97. The van der Waals surface area contributed by atoms with E-state index in [1.165, 1.54) is 15.4 Å². The van der Waals surface area contributed by atoms with E-state index in [9.17, 15) is 14.4 Å². The summed E-state index contributed by atoms with van der Waals surface area (Å²) < 4.78 is 1.44. The molecule has 3 heterocycles. The minimum Gasteiger partial charge on any atom is -0.322 e. The van der Waals surface area contributed by atoms with Gasteiger partial charge in [-0.05, 0) is 35.7 Å². The summed E-state index contributed by atoms with van der Waals surface area (Å²) >= 11 is 0. The second-order valence-corrected chi connectivity index (χ2v) is 8.75. The fourth-order valence-electron chi connectivity index (χ4n) is 4.51. The molecule has 170 valence electrons. The summed E-state index contributed by atoms with van der Waals surface area (Å²) in [6.45, 7) is 1.84. The fourth-order valence-corrected chi connectivity index (χ4v) is 4.51. The van der Waals surface area contributed by atoms with E-state index in [1.807, 2.05) is 73.7 Å². The molecule has 3 amide bonds. The van der Waals surface area contributed by atoms with Crippen molar-refractivity contribution < 1.29 is 9.59 Å². The zero-order chi connectivity index (χ0) is 23.7. The van der Waals surface area contributed by atoms with Gasteiger partial charge < -0.3 is 5.32 Å². The second kappa shape index (κ2) is 8.59. The highest BCUT2D eigenvalue weighted by Gasteiger charge is 2.51. The first-order valence-corrected chi connectivity index (χ1v) is 11.1. The van der Waals surface area contributed by atoms with Gasteiger partial charge in [-0.15, -0.1) is 0 Å². The average Bonchev–Trinajstić information content (AvgIpc) is 3.04. The predicted octanol–water partition coefficient (Wildman–Crippen LogP) is 3.28. The number of carbonyl (C=O) groups excluding carboxylic acids is 2. The number of aromatic nitrogens is 2. The van der Waals surface area contributed by atoms with Crippen molar-refractivity contribution in [2.24, 2.45) is 0 Å². The SMILES string of the molecule is Cc1ccn2c(=O)cc(CN3C(=O)NC(Cc4ccccc4)(Cc4ccccc4)C3=O)nc2c1. The summed E-state index contributed by atoms with van der Waals surface area (Å²) in [6.07, 6.45) is 2.38. The molecule has 5 rings (SSSR count). The number of nitrogens with zero attached hydrogens (tertiary/aromatic N) is 3. The normalized spacial score (nSPS) is 15.0. The second-order valence-electron chi connectivity index (χ2n) is 8.75.